The van der Waals surface area contributed by atoms with Crippen LogP contribution >= 0.6 is 22.9 Å². The van der Waals surface area contributed by atoms with Crippen molar-refractivity contribution in [3.63, 3.8) is 0 Å². The van der Waals surface area contributed by atoms with Gasteiger partial charge in [-0.15, -0.1) is 11.3 Å². The highest BCUT2D eigenvalue weighted by Crippen LogP contribution is 2.38. The van der Waals surface area contributed by atoms with E-state index >= 15 is 0 Å². The summed E-state index contributed by atoms with van der Waals surface area (Å²) >= 11 is 7.79. The number of halogens is 1. The monoisotopic (exact) mass is 382 g/mol. The van der Waals surface area contributed by atoms with Gasteiger partial charge in [0.05, 0.1) is 16.8 Å². The maximum Gasteiger partial charge on any atom is 0.176 e. The highest BCUT2D eigenvalue weighted by atomic mass is 35.5. The second kappa shape index (κ2) is 6.74. The molecule has 0 bridgehead atoms. The summed E-state index contributed by atoms with van der Waals surface area (Å²) in [6.07, 6.45) is 6.44. The fraction of sp³-hybridized carbons (Fsp3) is 0.0588. The van der Waals surface area contributed by atoms with Crippen molar-refractivity contribution < 1.29 is 4.42 Å². The predicted octanol–water partition coefficient (Wildman–Crippen LogP) is 4.14. The van der Waals surface area contributed by atoms with Crippen molar-refractivity contribution >= 4 is 46.5 Å². The molecule has 128 valence electrons. The molecular formula is C17H11ClN6OS. The van der Waals surface area contributed by atoms with Crippen molar-refractivity contribution in [1.82, 2.24) is 19.9 Å². The van der Waals surface area contributed by atoms with Crippen LogP contribution in [0.15, 0.2) is 51.5 Å². The molecule has 0 saturated heterocycles. The number of pyridine rings is 1. The Kier molecular flexibility index (Phi) is 4.27. The Bertz CT molecular complexity index is 1130. The minimum absolute atomic E-state index is 0.358. The van der Waals surface area contributed by atoms with Crippen LogP contribution in [0.4, 0.5) is 0 Å². The van der Waals surface area contributed by atoms with Gasteiger partial charge in [0.2, 0.25) is 0 Å². The van der Waals surface area contributed by atoms with E-state index in [2.05, 4.69) is 36.6 Å². The first-order chi connectivity index (χ1) is 12.7. The van der Waals surface area contributed by atoms with E-state index in [9.17, 15) is 0 Å². The number of furan rings is 1. The summed E-state index contributed by atoms with van der Waals surface area (Å²) in [7, 11) is 1.63. The molecule has 0 spiro atoms. The normalized spacial score (nSPS) is 11.8. The van der Waals surface area contributed by atoms with E-state index in [1.54, 1.807) is 25.7 Å². The van der Waals surface area contributed by atoms with Crippen LogP contribution in [-0.4, -0.2) is 39.5 Å². The zero-order valence-corrected chi connectivity index (χ0v) is 15.1. The average Bonchev–Trinajstić information content (AvgIpc) is 3.29. The van der Waals surface area contributed by atoms with Crippen LogP contribution in [0, 0.1) is 0 Å². The van der Waals surface area contributed by atoms with Crippen LogP contribution < -0.4 is 0 Å². The van der Waals surface area contributed by atoms with E-state index in [4.69, 9.17) is 16.0 Å². The quantitative estimate of drug-likeness (QED) is 0.392. The molecule has 0 N–H and O–H groups in total. The van der Waals surface area contributed by atoms with Crippen molar-refractivity contribution in [2.45, 2.75) is 0 Å². The van der Waals surface area contributed by atoms with Gasteiger partial charge in [0.1, 0.15) is 16.5 Å². The number of hydrogen-bond donors (Lipinski definition) is 0. The molecule has 26 heavy (non-hydrogen) atoms. The molecule has 0 aliphatic rings. The van der Waals surface area contributed by atoms with Crippen molar-refractivity contribution in [2.24, 2.45) is 9.98 Å². The van der Waals surface area contributed by atoms with Gasteiger partial charge in [-0.25, -0.2) is 24.9 Å². The van der Waals surface area contributed by atoms with Crippen molar-refractivity contribution in [3.05, 3.63) is 48.0 Å². The lowest BCUT2D eigenvalue weighted by atomic mass is 10.2. The van der Waals surface area contributed by atoms with Gasteiger partial charge in [-0.2, -0.15) is 0 Å². The van der Waals surface area contributed by atoms with E-state index in [1.807, 2.05) is 12.1 Å². The summed E-state index contributed by atoms with van der Waals surface area (Å²) in [5.74, 6) is 0.393. The van der Waals surface area contributed by atoms with Crippen LogP contribution in [0.5, 0.6) is 0 Å². The summed E-state index contributed by atoms with van der Waals surface area (Å²) in [4.78, 5) is 25.9. The molecule has 0 amide bonds. The van der Waals surface area contributed by atoms with E-state index < -0.39 is 0 Å². The topological polar surface area (TPSA) is 89.4 Å². The summed E-state index contributed by atoms with van der Waals surface area (Å²) < 4.78 is 5.54. The largest absolute Gasteiger partial charge is 0.462 e. The Hall–Kier alpha value is -2.97. The molecule has 0 aliphatic carbocycles. The molecule has 4 rings (SSSR count). The van der Waals surface area contributed by atoms with Gasteiger partial charge in [0.25, 0.3) is 0 Å². The first kappa shape index (κ1) is 16.5. The van der Waals surface area contributed by atoms with E-state index in [1.165, 1.54) is 17.7 Å². The van der Waals surface area contributed by atoms with Gasteiger partial charge in [0, 0.05) is 30.4 Å². The maximum atomic E-state index is 6.38. The molecule has 0 atom stereocenters. The van der Waals surface area contributed by atoms with Gasteiger partial charge in [-0.05, 0) is 18.9 Å². The maximum absolute atomic E-state index is 6.38. The molecule has 4 heterocycles. The minimum atomic E-state index is 0.358. The number of hydrogen-bond acceptors (Lipinski definition) is 7. The van der Waals surface area contributed by atoms with E-state index in [0.29, 0.717) is 33.0 Å². The molecule has 9 heteroatoms. The number of aromatic nitrogens is 4. The lowest BCUT2D eigenvalue weighted by molar-refractivity contribution is 0.613. The highest BCUT2D eigenvalue weighted by Gasteiger charge is 2.19. The fourth-order valence-corrected chi connectivity index (χ4v) is 3.73. The molecule has 0 aliphatic heterocycles. The van der Waals surface area contributed by atoms with Crippen LogP contribution in [0.1, 0.15) is 5.69 Å². The number of amidine groups is 1. The van der Waals surface area contributed by atoms with Crippen LogP contribution in [0.2, 0.25) is 5.15 Å². The number of fused-ring (bicyclic) bond motifs is 1. The molecule has 0 aromatic carbocycles. The number of aliphatic imine (C=N–C) groups is 2. The van der Waals surface area contributed by atoms with Gasteiger partial charge >= 0.3 is 0 Å². The first-order valence-electron chi connectivity index (χ1n) is 7.45. The molecule has 4 aromatic rings. The Morgan fingerprint density at radius 3 is 2.81 bits per heavy atom. The summed E-state index contributed by atoms with van der Waals surface area (Å²) in [5, 5.41) is 1.94. The van der Waals surface area contributed by atoms with E-state index in [0.717, 1.165) is 15.8 Å². The standard InChI is InChI=1S/C17H11ClN6OS/c1-19-16(20-2)12-13-9(3-4-25-13)5-11(23-12)14-15(18)24-17(26-14)10-6-21-8-22-7-10/h3-8H,1H2,2H3. The SMILES string of the molecule is C=NC(=NC)c1nc(-c2sc(-c3cncnc3)nc2Cl)cc2ccoc12. The summed E-state index contributed by atoms with van der Waals surface area (Å²) in [6.45, 7) is 3.55. The predicted molar refractivity (Wildman–Crippen MR) is 103 cm³/mol. The Balaban J connectivity index is 1.90. The molecule has 0 saturated carbocycles. The lowest BCUT2D eigenvalue weighted by Gasteiger charge is -2.04. The van der Waals surface area contributed by atoms with Crippen molar-refractivity contribution in [2.75, 3.05) is 7.05 Å². The highest BCUT2D eigenvalue weighted by molar-refractivity contribution is 7.19. The first-order valence-corrected chi connectivity index (χ1v) is 8.65. The van der Waals surface area contributed by atoms with Gasteiger partial charge in [-0.1, -0.05) is 11.6 Å². The molecule has 0 fully saturated rings. The van der Waals surface area contributed by atoms with Gasteiger partial charge in [0.15, 0.2) is 17.1 Å². The van der Waals surface area contributed by atoms with Crippen LogP contribution in [-0.2, 0) is 0 Å². The smallest absolute Gasteiger partial charge is 0.176 e. The van der Waals surface area contributed by atoms with Crippen LogP contribution in [0.25, 0.3) is 32.1 Å². The average molecular weight is 383 g/mol. The van der Waals surface area contributed by atoms with Gasteiger partial charge < -0.3 is 4.42 Å². The number of rotatable bonds is 3. The minimum Gasteiger partial charge on any atom is -0.462 e. The Morgan fingerprint density at radius 1 is 1.27 bits per heavy atom. The second-order valence-electron chi connectivity index (χ2n) is 5.17. The third kappa shape index (κ3) is 2.79. The van der Waals surface area contributed by atoms with Crippen molar-refractivity contribution in [3.8, 4) is 21.1 Å². The van der Waals surface area contributed by atoms with Crippen LogP contribution in [0.3, 0.4) is 0 Å². The summed E-state index contributed by atoms with van der Waals surface area (Å²) in [5.41, 5.74) is 2.55. The molecule has 0 radical (unpaired) electrons. The molecule has 7 nitrogen and oxygen atoms in total. The summed E-state index contributed by atoms with van der Waals surface area (Å²) in [6, 6.07) is 3.74. The zero-order valence-electron chi connectivity index (χ0n) is 13.5. The molecule has 0 unspecified atom stereocenters. The molecule has 4 aromatic heterocycles. The second-order valence-corrected chi connectivity index (χ2v) is 6.52. The number of nitrogens with zero attached hydrogens (tertiary/aromatic N) is 6. The molecular weight excluding hydrogens is 372 g/mol. The lowest BCUT2D eigenvalue weighted by Crippen LogP contribution is -2.02. The van der Waals surface area contributed by atoms with E-state index in [-0.39, 0.29) is 0 Å². The third-order valence-corrected chi connectivity index (χ3v) is 5.15. The third-order valence-electron chi connectivity index (χ3n) is 3.63. The zero-order chi connectivity index (χ0) is 18.1. The fourth-order valence-electron chi connectivity index (χ4n) is 2.49. The Labute approximate surface area is 157 Å². The van der Waals surface area contributed by atoms with Gasteiger partial charge in [-0.3, -0.25) is 4.99 Å². The number of thiazole rings is 1. The van der Waals surface area contributed by atoms with Crippen molar-refractivity contribution in [1.29, 1.82) is 0 Å². The Morgan fingerprint density at radius 2 is 2.08 bits per heavy atom.